The molecule has 4 nitrogen and oxygen atoms in total. The molecular weight excluding hydrogens is 444 g/mol. The van der Waals surface area contributed by atoms with Crippen LogP contribution in [0.2, 0.25) is 5.02 Å². The van der Waals surface area contributed by atoms with Crippen molar-refractivity contribution < 1.29 is 0 Å². The van der Waals surface area contributed by atoms with E-state index in [2.05, 4.69) is 87.3 Å². The van der Waals surface area contributed by atoms with Crippen LogP contribution >= 0.6 is 35.1 Å². The van der Waals surface area contributed by atoms with Crippen LogP contribution in [-0.2, 0) is 18.8 Å². The third-order valence-corrected chi connectivity index (χ3v) is 7.64. The van der Waals surface area contributed by atoms with Gasteiger partial charge in [0.2, 0.25) is 0 Å². The molecule has 1 aliphatic rings. The Morgan fingerprint density at radius 2 is 1.52 bits per heavy atom. The normalized spacial score (nSPS) is 12.5. The van der Waals surface area contributed by atoms with Gasteiger partial charge in [0.1, 0.15) is 0 Å². The zero-order valence-corrected chi connectivity index (χ0v) is 19.4. The van der Waals surface area contributed by atoms with Gasteiger partial charge in [-0.2, -0.15) is 0 Å². The van der Waals surface area contributed by atoms with Crippen LogP contribution in [0.25, 0.3) is 0 Å². The quantitative estimate of drug-likeness (QED) is 0.285. The molecule has 156 valence electrons. The molecule has 0 unspecified atom stereocenters. The number of halogens is 1. The van der Waals surface area contributed by atoms with Crippen LogP contribution < -0.4 is 4.90 Å². The molecule has 0 saturated carbocycles. The molecule has 0 amide bonds. The first kappa shape index (κ1) is 20.5. The number of aromatic nitrogens is 3. The minimum absolute atomic E-state index is 0.678. The molecule has 0 aliphatic carbocycles. The van der Waals surface area contributed by atoms with E-state index in [9.17, 15) is 0 Å². The first-order chi connectivity index (χ1) is 15.2. The van der Waals surface area contributed by atoms with Crippen molar-refractivity contribution in [1.82, 2.24) is 14.8 Å². The number of fused-ring (bicyclic) bond motifs is 2. The van der Waals surface area contributed by atoms with Gasteiger partial charge in [0.25, 0.3) is 0 Å². The Morgan fingerprint density at radius 3 is 2.16 bits per heavy atom. The molecule has 31 heavy (non-hydrogen) atoms. The Morgan fingerprint density at radius 1 is 0.871 bits per heavy atom. The lowest BCUT2D eigenvalue weighted by atomic mass is 10.2. The highest BCUT2D eigenvalue weighted by molar-refractivity contribution is 7.99. The van der Waals surface area contributed by atoms with Crippen molar-refractivity contribution in [3.63, 3.8) is 0 Å². The fourth-order valence-electron chi connectivity index (χ4n) is 3.68. The van der Waals surface area contributed by atoms with Crippen molar-refractivity contribution in [2.75, 3.05) is 4.90 Å². The Kier molecular flexibility index (Phi) is 5.94. The molecule has 0 spiro atoms. The Balaban J connectivity index is 1.42. The van der Waals surface area contributed by atoms with Gasteiger partial charge in [-0.1, -0.05) is 71.5 Å². The highest BCUT2D eigenvalue weighted by Crippen LogP contribution is 2.48. The van der Waals surface area contributed by atoms with Gasteiger partial charge in [-0.15, -0.1) is 10.2 Å². The maximum atomic E-state index is 6.00. The van der Waals surface area contributed by atoms with Gasteiger partial charge in [-0.3, -0.25) is 0 Å². The second kappa shape index (κ2) is 8.99. The van der Waals surface area contributed by atoms with Gasteiger partial charge in [0.15, 0.2) is 11.0 Å². The molecule has 4 aromatic rings. The predicted molar refractivity (Wildman–Crippen MR) is 130 cm³/mol. The maximum Gasteiger partial charge on any atom is 0.191 e. The lowest BCUT2D eigenvalue weighted by Gasteiger charge is -2.32. The molecule has 0 N–H and O–H groups in total. The summed E-state index contributed by atoms with van der Waals surface area (Å²) in [5.41, 5.74) is 3.65. The van der Waals surface area contributed by atoms with Crippen molar-refractivity contribution in [3.8, 4) is 0 Å². The minimum Gasteiger partial charge on any atom is -0.332 e. The average molecular weight is 465 g/mol. The van der Waals surface area contributed by atoms with E-state index in [1.54, 1.807) is 11.8 Å². The topological polar surface area (TPSA) is 34.0 Å². The first-order valence-electron chi connectivity index (χ1n) is 10.2. The molecule has 0 saturated heterocycles. The van der Waals surface area contributed by atoms with E-state index in [4.69, 9.17) is 11.6 Å². The van der Waals surface area contributed by atoms with Crippen LogP contribution in [0.15, 0.2) is 87.7 Å². The second-order valence-electron chi connectivity index (χ2n) is 7.18. The molecule has 1 aliphatic heterocycles. The largest absolute Gasteiger partial charge is 0.332 e. The Hall–Kier alpha value is -2.41. The molecule has 0 fully saturated rings. The van der Waals surface area contributed by atoms with Gasteiger partial charge in [-0.05, 0) is 48.9 Å². The Labute approximate surface area is 195 Å². The number of anilines is 2. The van der Waals surface area contributed by atoms with E-state index in [1.807, 2.05) is 23.9 Å². The number of benzene rings is 3. The summed E-state index contributed by atoms with van der Waals surface area (Å²) in [5.74, 6) is 1.80. The van der Waals surface area contributed by atoms with E-state index in [0.717, 1.165) is 28.3 Å². The van der Waals surface area contributed by atoms with Gasteiger partial charge >= 0.3 is 0 Å². The standard InChI is InChI=1S/C24H21ClN4S2/c1-2-28-23(26-27-24(28)30-16-17-11-13-18(25)14-12-17)15-29-19-7-3-5-9-21(19)31-22-10-6-4-8-20(22)29/h3-14H,2,15-16H2,1H3. The molecule has 0 bridgehead atoms. The van der Waals surface area contributed by atoms with E-state index in [0.29, 0.717) is 6.54 Å². The summed E-state index contributed by atoms with van der Waals surface area (Å²) in [6.07, 6.45) is 0. The number of thioether (sulfide) groups is 1. The highest BCUT2D eigenvalue weighted by Gasteiger charge is 2.25. The van der Waals surface area contributed by atoms with Crippen molar-refractivity contribution in [2.24, 2.45) is 0 Å². The minimum atomic E-state index is 0.678. The van der Waals surface area contributed by atoms with E-state index >= 15 is 0 Å². The molecule has 3 aromatic carbocycles. The van der Waals surface area contributed by atoms with Crippen LogP contribution in [0.1, 0.15) is 18.3 Å². The summed E-state index contributed by atoms with van der Waals surface area (Å²) >= 11 is 9.53. The van der Waals surface area contributed by atoms with Crippen LogP contribution in [0.3, 0.4) is 0 Å². The summed E-state index contributed by atoms with van der Waals surface area (Å²) in [5, 5.41) is 10.8. The number of hydrogen-bond donors (Lipinski definition) is 0. The molecule has 1 aromatic heterocycles. The fourth-order valence-corrected chi connectivity index (χ4v) is 5.88. The van der Waals surface area contributed by atoms with Crippen molar-refractivity contribution in [1.29, 1.82) is 0 Å². The van der Waals surface area contributed by atoms with Gasteiger partial charge < -0.3 is 9.47 Å². The van der Waals surface area contributed by atoms with Crippen LogP contribution in [0.4, 0.5) is 11.4 Å². The van der Waals surface area contributed by atoms with Crippen molar-refractivity contribution in [3.05, 3.63) is 89.2 Å². The van der Waals surface area contributed by atoms with Crippen LogP contribution in [0, 0.1) is 0 Å². The van der Waals surface area contributed by atoms with E-state index in [-0.39, 0.29) is 0 Å². The van der Waals surface area contributed by atoms with Crippen molar-refractivity contribution in [2.45, 2.75) is 40.7 Å². The number of nitrogens with zero attached hydrogens (tertiary/aromatic N) is 4. The van der Waals surface area contributed by atoms with E-state index < -0.39 is 0 Å². The third-order valence-electron chi connectivity index (χ3n) is 5.22. The summed E-state index contributed by atoms with van der Waals surface area (Å²) in [4.78, 5) is 4.88. The smallest absolute Gasteiger partial charge is 0.191 e. The maximum absolute atomic E-state index is 6.00. The van der Waals surface area contributed by atoms with E-state index in [1.165, 1.54) is 26.7 Å². The zero-order valence-electron chi connectivity index (χ0n) is 17.0. The molecule has 5 rings (SSSR count). The van der Waals surface area contributed by atoms with Gasteiger partial charge in [-0.25, -0.2) is 0 Å². The summed E-state index contributed by atoms with van der Waals surface area (Å²) in [6, 6.07) is 25.1. The highest BCUT2D eigenvalue weighted by atomic mass is 35.5. The molecular formula is C24H21ClN4S2. The lowest BCUT2D eigenvalue weighted by Crippen LogP contribution is -2.22. The van der Waals surface area contributed by atoms with Gasteiger partial charge in [0, 0.05) is 27.1 Å². The summed E-state index contributed by atoms with van der Waals surface area (Å²) < 4.78 is 2.22. The fraction of sp³-hybridized carbons (Fsp3) is 0.167. The molecule has 7 heteroatoms. The zero-order chi connectivity index (χ0) is 21.2. The predicted octanol–water partition coefficient (Wildman–Crippen LogP) is 7.05. The van der Waals surface area contributed by atoms with Crippen LogP contribution in [0.5, 0.6) is 0 Å². The average Bonchev–Trinajstić information content (AvgIpc) is 3.20. The number of para-hydroxylation sites is 2. The van der Waals surface area contributed by atoms with Gasteiger partial charge in [0.05, 0.1) is 17.9 Å². The van der Waals surface area contributed by atoms with Crippen LogP contribution in [-0.4, -0.2) is 14.8 Å². The SMILES string of the molecule is CCn1c(CN2c3ccccc3Sc3ccccc32)nnc1SCc1ccc(Cl)cc1. The number of hydrogen-bond acceptors (Lipinski definition) is 5. The first-order valence-corrected chi connectivity index (χ1v) is 12.3. The van der Waals surface area contributed by atoms with Crippen molar-refractivity contribution >= 4 is 46.5 Å². The number of rotatable bonds is 6. The Bertz CT molecular complexity index is 1160. The lowest BCUT2D eigenvalue weighted by molar-refractivity contribution is 0.638. The molecule has 0 radical (unpaired) electrons. The summed E-state index contributed by atoms with van der Waals surface area (Å²) in [6.45, 7) is 3.65. The molecule has 0 atom stereocenters. The monoisotopic (exact) mass is 464 g/mol. The third kappa shape index (κ3) is 4.20. The second-order valence-corrected chi connectivity index (χ2v) is 9.64. The molecule has 2 heterocycles. The summed E-state index contributed by atoms with van der Waals surface area (Å²) in [7, 11) is 0.